The molecule has 2 unspecified atom stereocenters. The van der Waals surface area contributed by atoms with Crippen LogP contribution >= 0.6 is 0 Å². The molecular formula is C8H17NO3. The van der Waals surface area contributed by atoms with Crippen molar-refractivity contribution in [2.24, 2.45) is 0 Å². The summed E-state index contributed by atoms with van der Waals surface area (Å²) < 4.78 is 10.1. The highest BCUT2D eigenvalue weighted by Crippen LogP contribution is 2.04. The van der Waals surface area contributed by atoms with Crippen molar-refractivity contribution in [2.45, 2.75) is 18.5 Å². The van der Waals surface area contributed by atoms with E-state index in [1.54, 1.807) is 7.11 Å². The van der Waals surface area contributed by atoms with Gasteiger partial charge in [-0.15, -0.1) is 0 Å². The highest BCUT2D eigenvalue weighted by Gasteiger charge is 2.18. The van der Waals surface area contributed by atoms with Crippen LogP contribution in [0.4, 0.5) is 0 Å². The quantitative estimate of drug-likeness (QED) is 0.584. The lowest BCUT2D eigenvalue weighted by atomic mass is 10.2. The van der Waals surface area contributed by atoms with Gasteiger partial charge in [-0.05, 0) is 6.42 Å². The summed E-state index contributed by atoms with van der Waals surface area (Å²) in [5, 5.41) is 12.2. The SMILES string of the molecule is COCC(CO)NC1CCOC1. The predicted octanol–water partition coefficient (Wildman–Crippen LogP) is -0.628. The lowest BCUT2D eigenvalue weighted by Gasteiger charge is -2.19. The minimum atomic E-state index is 0.0432. The van der Waals surface area contributed by atoms with Gasteiger partial charge in [0.15, 0.2) is 0 Å². The summed E-state index contributed by atoms with van der Waals surface area (Å²) in [5.41, 5.74) is 0. The summed E-state index contributed by atoms with van der Waals surface area (Å²) in [6, 6.07) is 0.430. The fraction of sp³-hybridized carbons (Fsp3) is 1.00. The zero-order chi connectivity index (χ0) is 8.81. The van der Waals surface area contributed by atoms with E-state index in [2.05, 4.69) is 5.32 Å². The number of aliphatic hydroxyl groups is 1. The van der Waals surface area contributed by atoms with E-state index < -0.39 is 0 Å². The van der Waals surface area contributed by atoms with E-state index in [4.69, 9.17) is 14.6 Å². The predicted molar refractivity (Wildman–Crippen MR) is 45.1 cm³/mol. The smallest absolute Gasteiger partial charge is 0.0638 e. The first kappa shape index (κ1) is 9.92. The number of rotatable bonds is 5. The first-order chi connectivity index (χ1) is 5.86. The molecule has 4 nitrogen and oxygen atoms in total. The Kier molecular flexibility index (Phi) is 4.53. The highest BCUT2D eigenvalue weighted by atomic mass is 16.5. The zero-order valence-corrected chi connectivity index (χ0v) is 7.45. The summed E-state index contributed by atoms with van der Waals surface area (Å²) in [6.07, 6.45) is 1.03. The van der Waals surface area contributed by atoms with Crippen LogP contribution in [0, 0.1) is 0 Å². The van der Waals surface area contributed by atoms with Crippen LogP contribution in [0.1, 0.15) is 6.42 Å². The molecule has 0 bridgehead atoms. The van der Waals surface area contributed by atoms with Crippen molar-refractivity contribution in [3.63, 3.8) is 0 Å². The number of nitrogens with one attached hydrogen (secondary N) is 1. The van der Waals surface area contributed by atoms with Crippen LogP contribution in [-0.2, 0) is 9.47 Å². The molecule has 1 fully saturated rings. The van der Waals surface area contributed by atoms with Gasteiger partial charge in [-0.1, -0.05) is 0 Å². The van der Waals surface area contributed by atoms with E-state index in [-0.39, 0.29) is 12.6 Å². The molecule has 0 aromatic rings. The van der Waals surface area contributed by atoms with Gasteiger partial charge in [0.05, 0.1) is 25.9 Å². The number of ether oxygens (including phenoxy) is 2. The number of methoxy groups -OCH3 is 1. The molecule has 1 saturated heterocycles. The average molecular weight is 175 g/mol. The Hall–Kier alpha value is -0.160. The molecule has 1 heterocycles. The first-order valence-electron chi connectivity index (χ1n) is 4.30. The lowest BCUT2D eigenvalue weighted by molar-refractivity contribution is 0.118. The number of hydrogen-bond donors (Lipinski definition) is 2. The van der Waals surface area contributed by atoms with Crippen molar-refractivity contribution in [3.05, 3.63) is 0 Å². The van der Waals surface area contributed by atoms with E-state index in [9.17, 15) is 0 Å². The van der Waals surface area contributed by atoms with Gasteiger partial charge in [0, 0.05) is 19.8 Å². The normalized spacial score (nSPS) is 26.0. The third-order valence-electron chi connectivity index (χ3n) is 1.99. The zero-order valence-electron chi connectivity index (χ0n) is 7.45. The molecule has 1 rings (SSSR count). The summed E-state index contributed by atoms with van der Waals surface area (Å²) in [5.74, 6) is 0. The molecule has 0 radical (unpaired) electrons. The van der Waals surface area contributed by atoms with Crippen molar-refractivity contribution >= 4 is 0 Å². The molecule has 2 atom stereocenters. The molecule has 4 heteroatoms. The van der Waals surface area contributed by atoms with Gasteiger partial charge in [-0.3, -0.25) is 0 Å². The average Bonchev–Trinajstić information content (AvgIpc) is 2.56. The molecule has 0 aromatic heterocycles. The topological polar surface area (TPSA) is 50.7 Å². The molecule has 1 aliphatic heterocycles. The van der Waals surface area contributed by atoms with Crippen LogP contribution in [0.15, 0.2) is 0 Å². The molecule has 0 aliphatic carbocycles. The van der Waals surface area contributed by atoms with Gasteiger partial charge >= 0.3 is 0 Å². The molecule has 2 N–H and O–H groups in total. The van der Waals surface area contributed by atoms with Crippen molar-refractivity contribution in [3.8, 4) is 0 Å². The Balaban J connectivity index is 2.16. The van der Waals surface area contributed by atoms with Crippen LogP contribution in [0.2, 0.25) is 0 Å². The molecular weight excluding hydrogens is 158 g/mol. The largest absolute Gasteiger partial charge is 0.395 e. The minimum Gasteiger partial charge on any atom is -0.395 e. The Bertz CT molecular complexity index is 115. The van der Waals surface area contributed by atoms with E-state index in [0.717, 1.165) is 19.6 Å². The fourth-order valence-electron chi connectivity index (χ4n) is 1.35. The Morgan fingerprint density at radius 1 is 1.75 bits per heavy atom. The third kappa shape index (κ3) is 3.06. The Morgan fingerprint density at radius 2 is 2.58 bits per heavy atom. The van der Waals surface area contributed by atoms with E-state index in [1.807, 2.05) is 0 Å². The molecule has 0 spiro atoms. The Morgan fingerprint density at radius 3 is 3.08 bits per heavy atom. The van der Waals surface area contributed by atoms with Crippen molar-refractivity contribution in [1.29, 1.82) is 0 Å². The Labute approximate surface area is 72.9 Å². The maximum atomic E-state index is 8.93. The fourth-order valence-corrected chi connectivity index (χ4v) is 1.35. The maximum Gasteiger partial charge on any atom is 0.0638 e. The van der Waals surface area contributed by atoms with Gasteiger partial charge in [-0.2, -0.15) is 0 Å². The van der Waals surface area contributed by atoms with Gasteiger partial charge in [0.25, 0.3) is 0 Å². The summed E-state index contributed by atoms with van der Waals surface area (Å²) in [4.78, 5) is 0. The third-order valence-corrected chi connectivity index (χ3v) is 1.99. The molecule has 12 heavy (non-hydrogen) atoms. The molecule has 1 aliphatic rings. The lowest BCUT2D eigenvalue weighted by Crippen LogP contribution is -2.43. The maximum absolute atomic E-state index is 8.93. The molecule has 0 saturated carbocycles. The van der Waals surface area contributed by atoms with Crippen molar-refractivity contribution in [2.75, 3.05) is 33.5 Å². The summed E-state index contributed by atoms with van der Waals surface area (Å²) >= 11 is 0. The minimum absolute atomic E-state index is 0.0432. The standard InChI is InChI=1S/C8H17NO3/c1-11-5-8(4-10)9-7-2-3-12-6-7/h7-10H,2-6H2,1H3. The van der Waals surface area contributed by atoms with Crippen LogP contribution in [0.25, 0.3) is 0 Å². The second kappa shape index (κ2) is 5.48. The molecule has 72 valence electrons. The monoisotopic (exact) mass is 175 g/mol. The van der Waals surface area contributed by atoms with Crippen LogP contribution in [0.5, 0.6) is 0 Å². The van der Waals surface area contributed by atoms with Gasteiger partial charge in [0.2, 0.25) is 0 Å². The second-order valence-electron chi connectivity index (χ2n) is 3.06. The number of hydrogen-bond acceptors (Lipinski definition) is 4. The van der Waals surface area contributed by atoms with E-state index in [0.29, 0.717) is 12.6 Å². The van der Waals surface area contributed by atoms with E-state index in [1.165, 1.54) is 0 Å². The highest BCUT2D eigenvalue weighted by molar-refractivity contribution is 4.76. The van der Waals surface area contributed by atoms with Crippen molar-refractivity contribution < 1.29 is 14.6 Å². The second-order valence-corrected chi connectivity index (χ2v) is 3.06. The summed E-state index contributed by atoms with van der Waals surface area (Å²) in [6.45, 7) is 2.24. The molecule has 0 amide bonds. The van der Waals surface area contributed by atoms with Crippen LogP contribution in [0.3, 0.4) is 0 Å². The molecule has 0 aromatic carbocycles. The van der Waals surface area contributed by atoms with Gasteiger partial charge < -0.3 is 19.9 Å². The van der Waals surface area contributed by atoms with Gasteiger partial charge in [-0.25, -0.2) is 0 Å². The number of aliphatic hydroxyl groups excluding tert-OH is 1. The van der Waals surface area contributed by atoms with Crippen LogP contribution in [-0.4, -0.2) is 50.7 Å². The first-order valence-corrected chi connectivity index (χ1v) is 4.30. The van der Waals surface area contributed by atoms with Crippen molar-refractivity contribution in [1.82, 2.24) is 5.32 Å². The van der Waals surface area contributed by atoms with Gasteiger partial charge in [0.1, 0.15) is 0 Å². The van der Waals surface area contributed by atoms with Crippen LogP contribution < -0.4 is 5.32 Å². The van der Waals surface area contributed by atoms with E-state index >= 15 is 0 Å². The summed E-state index contributed by atoms with van der Waals surface area (Å²) in [7, 11) is 1.63.